The fraction of sp³-hybridized carbons (Fsp3) is 0.208. The van der Waals surface area contributed by atoms with E-state index < -0.39 is 0 Å². The van der Waals surface area contributed by atoms with Crippen LogP contribution in [-0.4, -0.2) is 22.5 Å². The molecule has 0 fully saturated rings. The highest BCUT2D eigenvalue weighted by Gasteiger charge is 2.20. The summed E-state index contributed by atoms with van der Waals surface area (Å²) in [7, 11) is 0. The standard InChI is InChI=1S/C24H25N5OS/c1-3-9-18(10-4-2)30-22-19(13-8-14-25-22)21-16-31-24(28-21)29-23-26-15-20(27-23)17-11-6-5-7-12-17/h3,5-14,16,20H,4,15H2,1-2H3,(H2,26,27,28,29)/b9-3-,18-10+. The molecular formula is C24H25N5OS. The Morgan fingerprint density at radius 1 is 1.26 bits per heavy atom. The third-order valence-electron chi connectivity index (χ3n) is 4.67. The average Bonchev–Trinajstić information content (AvgIpc) is 3.45. The number of guanidine groups is 1. The second-order valence-electron chi connectivity index (χ2n) is 6.93. The van der Waals surface area contributed by atoms with E-state index in [0.29, 0.717) is 12.4 Å². The third kappa shape index (κ3) is 5.19. The van der Waals surface area contributed by atoms with Crippen molar-refractivity contribution in [2.75, 3.05) is 11.9 Å². The van der Waals surface area contributed by atoms with Crippen molar-refractivity contribution in [3.63, 3.8) is 0 Å². The van der Waals surface area contributed by atoms with Crippen LogP contribution in [-0.2, 0) is 0 Å². The zero-order chi connectivity index (χ0) is 21.5. The van der Waals surface area contributed by atoms with Crippen molar-refractivity contribution in [2.45, 2.75) is 26.3 Å². The fourth-order valence-electron chi connectivity index (χ4n) is 3.23. The fourth-order valence-corrected chi connectivity index (χ4v) is 3.94. The summed E-state index contributed by atoms with van der Waals surface area (Å²) >= 11 is 1.52. The van der Waals surface area contributed by atoms with Crippen molar-refractivity contribution < 1.29 is 4.74 Å². The van der Waals surface area contributed by atoms with Crippen LogP contribution in [0.4, 0.5) is 5.13 Å². The summed E-state index contributed by atoms with van der Waals surface area (Å²) in [4.78, 5) is 13.7. The van der Waals surface area contributed by atoms with Gasteiger partial charge in [-0.2, -0.15) is 0 Å². The minimum Gasteiger partial charge on any atom is -0.439 e. The van der Waals surface area contributed by atoms with Gasteiger partial charge in [-0.05, 0) is 43.2 Å². The Balaban J connectivity index is 1.47. The number of hydrogen-bond acceptors (Lipinski definition) is 7. The van der Waals surface area contributed by atoms with Crippen molar-refractivity contribution >= 4 is 22.4 Å². The molecule has 0 saturated heterocycles. The van der Waals surface area contributed by atoms with E-state index >= 15 is 0 Å². The molecule has 2 N–H and O–H groups in total. The van der Waals surface area contributed by atoms with Crippen LogP contribution in [0.1, 0.15) is 31.9 Å². The van der Waals surface area contributed by atoms with Crippen LogP contribution in [0.15, 0.2) is 83.0 Å². The number of rotatable bonds is 7. The van der Waals surface area contributed by atoms with Crippen LogP contribution >= 0.6 is 11.3 Å². The first kappa shape index (κ1) is 20.8. The number of allylic oxidation sites excluding steroid dienone is 3. The van der Waals surface area contributed by atoms with Gasteiger partial charge in [0.25, 0.3) is 0 Å². The molecule has 3 heterocycles. The number of hydrogen-bond donors (Lipinski definition) is 2. The second kappa shape index (κ2) is 10.0. The van der Waals surface area contributed by atoms with Crippen LogP contribution in [0.2, 0.25) is 0 Å². The Kier molecular flexibility index (Phi) is 6.74. The summed E-state index contributed by atoms with van der Waals surface area (Å²) in [5, 5.41) is 9.48. The molecule has 1 aromatic carbocycles. The lowest BCUT2D eigenvalue weighted by Crippen LogP contribution is -2.29. The topological polar surface area (TPSA) is 71.4 Å². The summed E-state index contributed by atoms with van der Waals surface area (Å²) in [5.41, 5.74) is 2.88. The SMILES string of the molecule is C/C=C\C(=C/CC)Oc1ncccc1-c1csc(NC2=NCC(c3ccccc3)N2)n1. The monoisotopic (exact) mass is 431 g/mol. The summed E-state index contributed by atoms with van der Waals surface area (Å²) in [6.45, 7) is 4.74. The summed E-state index contributed by atoms with van der Waals surface area (Å²) in [5.74, 6) is 2.05. The molecule has 0 amide bonds. The number of benzene rings is 1. The van der Waals surface area contributed by atoms with E-state index in [4.69, 9.17) is 9.72 Å². The maximum absolute atomic E-state index is 6.06. The molecule has 0 spiro atoms. The molecule has 6 nitrogen and oxygen atoms in total. The van der Waals surface area contributed by atoms with Gasteiger partial charge in [-0.3, -0.25) is 4.99 Å². The lowest BCUT2D eigenvalue weighted by Gasteiger charge is -2.12. The molecule has 7 heteroatoms. The molecule has 1 aliphatic rings. The third-order valence-corrected chi connectivity index (χ3v) is 5.43. The van der Waals surface area contributed by atoms with Gasteiger partial charge < -0.3 is 15.4 Å². The normalized spacial score (nSPS) is 16.3. The van der Waals surface area contributed by atoms with Gasteiger partial charge in [-0.15, -0.1) is 11.3 Å². The molecule has 0 bridgehead atoms. The minimum atomic E-state index is 0.178. The van der Waals surface area contributed by atoms with Crippen molar-refractivity contribution in [1.82, 2.24) is 15.3 Å². The number of aromatic nitrogens is 2. The van der Waals surface area contributed by atoms with E-state index in [0.717, 1.165) is 34.5 Å². The number of aliphatic imine (C=N–C) groups is 1. The van der Waals surface area contributed by atoms with Crippen LogP contribution in [0.5, 0.6) is 5.88 Å². The van der Waals surface area contributed by atoms with Crippen LogP contribution in [0.25, 0.3) is 11.3 Å². The Bertz CT molecular complexity index is 1100. The number of nitrogens with one attached hydrogen (secondary N) is 2. The highest BCUT2D eigenvalue weighted by molar-refractivity contribution is 7.14. The van der Waals surface area contributed by atoms with Gasteiger partial charge in [0, 0.05) is 11.6 Å². The second-order valence-corrected chi connectivity index (χ2v) is 7.79. The van der Waals surface area contributed by atoms with Gasteiger partial charge in [-0.1, -0.05) is 43.3 Å². The van der Waals surface area contributed by atoms with E-state index in [-0.39, 0.29) is 6.04 Å². The number of pyridine rings is 1. The highest BCUT2D eigenvalue weighted by Crippen LogP contribution is 2.32. The lowest BCUT2D eigenvalue weighted by molar-refractivity contribution is 0.426. The molecule has 1 unspecified atom stereocenters. The van der Waals surface area contributed by atoms with Gasteiger partial charge in [0.2, 0.25) is 5.88 Å². The summed E-state index contributed by atoms with van der Waals surface area (Å²) in [6, 6.07) is 14.4. The molecule has 158 valence electrons. The molecular weight excluding hydrogens is 406 g/mol. The maximum Gasteiger partial charge on any atom is 0.228 e. The van der Waals surface area contributed by atoms with Crippen LogP contribution in [0.3, 0.4) is 0 Å². The highest BCUT2D eigenvalue weighted by atomic mass is 32.1. The average molecular weight is 432 g/mol. The quantitative estimate of drug-likeness (QED) is 0.378. The molecule has 3 aromatic rings. The number of nitrogens with zero attached hydrogens (tertiary/aromatic N) is 3. The lowest BCUT2D eigenvalue weighted by atomic mass is 10.1. The van der Waals surface area contributed by atoms with Gasteiger partial charge >= 0.3 is 0 Å². The first-order valence-corrected chi connectivity index (χ1v) is 11.2. The van der Waals surface area contributed by atoms with Crippen molar-refractivity contribution in [3.8, 4) is 17.1 Å². The van der Waals surface area contributed by atoms with E-state index in [1.165, 1.54) is 16.9 Å². The Hall–Kier alpha value is -3.45. The summed E-state index contributed by atoms with van der Waals surface area (Å²) < 4.78 is 6.06. The molecule has 0 radical (unpaired) electrons. The predicted octanol–water partition coefficient (Wildman–Crippen LogP) is 5.57. The first-order chi connectivity index (χ1) is 15.3. The van der Waals surface area contributed by atoms with Crippen LogP contribution < -0.4 is 15.4 Å². The van der Waals surface area contributed by atoms with Gasteiger partial charge in [0.15, 0.2) is 11.1 Å². The number of anilines is 1. The van der Waals surface area contributed by atoms with Gasteiger partial charge in [-0.25, -0.2) is 9.97 Å². The maximum atomic E-state index is 6.06. The van der Waals surface area contributed by atoms with Crippen LogP contribution in [0, 0.1) is 0 Å². The number of thiazole rings is 1. The minimum absolute atomic E-state index is 0.178. The van der Waals surface area contributed by atoms with Gasteiger partial charge in [0.1, 0.15) is 5.76 Å². The smallest absolute Gasteiger partial charge is 0.228 e. The van der Waals surface area contributed by atoms with E-state index in [9.17, 15) is 0 Å². The van der Waals surface area contributed by atoms with E-state index in [1.54, 1.807) is 6.20 Å². The van der Waals surface area contributed by atoms with E-state index in [1.807, 2.05) is 60.9 Å². The zero-order valence-electron chi connectivity index (χ0n) is 17.6. The van der Waals surface area contributed by atoms with Gasteiger partial charge in [0.05, 0.1) is 23.8 Å². The molecule has 0 saturated carbocycles. The number of ether oxygens (including phenoxy) is 1. The van der Waals surface area contributed by atoms with Crippen molar-refractivity contribution in [2.24, 2.45) is 4.99 Å². The van der Waals surface area contributed by atoms with Crippen molar-refractivity contribution in [1.29, 1.82) is 0 Å². The summed E-state index contributed by atoms with van der Waals surface area (Å²) in [6.07, 6.45) is 8.52. The largest absolute Gasteiger partial charge is 0.439 e. The van der Waals surface area contributed by atoms with Crippen molar-refractivity contribution in [3.05, 3.63) is 83.6 Å². The molecule has 1 atom stereocenters. The molecule has 0 aliphatic carbocycles. The molecule has 31 heavy (non-hydrogen) atoms. The Labute approximate surface area is 186 Å². The van der Waals surface area contributed by atoms with E-state index in [2.05, 4.69) is 39.7 Å². The molecule has 4 rings (SSSR count). The zero-order valence-corrected chi connectivity index (χ0v) is 18.4. The first-order valence-electron chi connectivity index (χ1n) is 10.3. The Morgan fingerprint density at radius 3 is 2.94 bits per heavy atom. The Morgan fingerprint density at radius 2 is 2.13 bits per heavy atom. The molecule has 2 aromatic heterocycles. The molecule has 1 aliphatic heterocycles. The predicted molar refractivity (Wildman–Crippen MR) is 127 cm³/mol.